The standard InChI is InChI=1S/C28H37FN4O4S/c1-28-11-8-24(14-23(16-28)30-27(34)25-15-26(37-31-25)21-4-5-21)33(28)38(35,36)18-20-9-12-32(13-10-20)17-19-2-6-22(29)7-3-19/h2-3,6-7,15,20-21,23-24H,4-5,8-14,16-18H2,1H3,(H,30,34)/t23-,24+,28?/m1/s1. The van der Waals surface area contributed by atoms with Gasteiger partial charge in [-0.15, -0.1) is 0 Å². The van der Waals surface area contributed by atoms with Gasteiger partial charge >= 0.3 is 0 Å². The number of likely N-dealkylation sites (tertiary alicyclic amines) is 1. The fraction of sp³-hybridized carbons (Fsp3) is 0.643. The molecule has 38 heavy (non-hydrogen) atoms. The van der Waals surface area contributed by atoms with E-state index in [9.17, 15) is 17.6 Å². The zero-order valence-electron chi connectivity index (χ0n) is 21.9. The molecule has 1 unspecified atom stereocenters. The van der Waals surface area contributed by atoms with Crippen LogP contribution < -0.4 is 5.32 Å². The third kappa shape index (κ3) is 5.40. The van der Waals surface area contributed by atoms with Gasteiger partial charge in [-0.2, -0.15) is 4.31 Å². The molecule has 1 aromatic heterocycles. The second kappa shape index (κ2) is 10.0. The van der Waals surface area contributed by atoms with Crippen molar-refractivity contribution in [3.63, 3.8) is 0 Å². The molecular weight excluding hydrogens is 507 g/mol. The lowest BCUT2D eigenvalue weighted by atomic mass is 9.89. The Morgan fingerprint density at radius 1 is 1.16 bits per heavy atom. The van der Waals surface area contributed by atoms with Crippen molar-refractivity contribution in [1.29, 1.82) is 0 Å². The molecule has 4 fully saturated rings. The van der Waals surface area contributed by atoms with Gasteiger partial charge in [0.05, 0.1) is 5.75 Å². The maximum absolute atomic E-state index is 13.7. The van der Waals surface area contributed by atoms with Crippen molar-refractivity contribution in [2.75, 3.05) is 18.8 Å². The van der Waals surface area contributed by atoms with E-state index in [1.807, 2.05) is 19.1 Å². The summed E-state index contributed by atoms with van der Waals surface area (Å²) in [5, 5.41) is 7.06. The summed E-state index contributed by atoms with van der Waals surface area (Å²) in [4.78, 5) is 15.1. The summed E-state index contributed by atoms with van der Waals surface area (Å²) < 4.78 is 47.8. The van der Waals surface area contributed by atoms with Gasteiger partial charge in [0.25, 0.3) is 5.91 Å². The SMILES string of the molecule is CC12CC[C@@H](C[C@@H](NC(=O)c3cc(C4CC4)on3)C1)N2S(=O)(=O)CC1CCN(Cc2ccc(F)cc2)CC1. The van der Waals surface area contributed by atoms with E-state index in [0.29, 0.717) is 24.5 Å². The average Bonchev–Trinajstić information content (AvgIpc) is 3.54. The van der Waals surface area contributed by atoms with Crippen LogP contribution in [0.4, 0.5) is 4.39 Å². The minimum absolute atomic E-state index is 0.0813. The van der Waals surface area contributed by atoms with E-state index in [1.165, 1.54) is 12.1 Å². The molecule has 1 amide bonds. The molecule has 1 aromatic carbocycles. The second-order valence-corrected chi connectivity index (χ2v) is 14.0. The molecule has 6 rings (SSSR count). The van der Waals surface area contributed by atoms with Crippen molar-refractivity contribution in [2.45, 2.75) is 88.4 Å². The first-order valence-electron chi connectivity index (χ1n) is 13.9. The molecule has 4 heterocycles. The van der Waals surface area contributed by atoms with Crippen molar-refractivity contribution in [3.05, 3.63) is 53.2 Å². The van der Waals surface area contributed by atoms with Crippen LogP contribution in [0.25, 0.3) is 0 Å². The fourth-order valence-corrected chi connectivity index (χ4v) is 9.49. The number of piperidine rings is 2. The first-order valence-corrected chi connectivity index (χ1v) is 15.6. The predicted octanol–water partition coefficient (Wildman–Crippen LogP) is 4.05. The predicted molar refractivity (Wildman–Crippen MR) is 140 cm³/mol. The Morgan fingerprint density at radius 3 is 2.58 bits per heavy atom. The Balaban J connectivity index is 1.03. The highest BCUT2D eigenvalue weighted by atomic mass is 32.2. The van der Waals surface area contributed by atoms with Crippen LogP contribution in [0.15, 0.2) is 34.9 Å². The quantitative estimate of drug-likeness (QED) is 0.539. The summed E-state index contributed by atoms with van der Waals surface area (Å²) in [6.45, 7) is 4.48. The lowest BCUT2D eigenvalue weighted by Gasteiger charge is -2.45. The molecule has 3 aliphatic heterocycles. The molecule has 3 atom stereocenters. The minimum atomic E-state index is -3.43. The van der Waals surface area contributed by atoms with Gasteiger partial charge in [-0.25, -0.2) is 12.8 Å². The third-order valence-electron chi connectivity index (χ3n) is 8.97. The summed E-state index contributed by atoms with van der Waals surface area (Å²) >= 11 is 0. The second-order valence-electron chi connectivity index (χ2n) is 12.1. The Morgan fingerprint density at radius 2 is 1.89 bits per heavy atom. The van der Waals surface area contributed by atoms with Gasteiger partial charge < -0.3 is 9.84 Å². The number of nitrogens with zero attached hydrogens (tertiary/aromatic N) is 3. The molecule has 2 aromatic rings. The molecule has 0 radical (unpaired) electrons. The van der Waals surface area contributed by atoms with Crippen LogP contribution in [0.3, 0.4) is 0 Å². The normalized spacial score (nSPS) is 29.0. The number of aromatic nitrogens is 1. The number of amides is 1. The number of nitrogens with one attached hydrogen (secondary N) is 1. The maximum atomic E-state index is 13.7. The van der Waals surface area contributed by atoms with E-state index in [1.54, 1.807) is 10.4 Å². The molecular formula is C28H37FN4O4S. The van der Waals surface area contributed by atoms with E-state index < -0.39 is 15.6 Å². The van der Waals surface area contributed by atoms with Crippen LogP contribution in [-0.2, 0) is 16.6 Å². The highest BCUT2D eigenvalue weighted by molar-refractivity contribution is 7.89. The lowest BCUT2D eigenvalue weighted by Crippen LogP contribution is -2.59. The van der Waals surface area contributed by atoms with E-state index in [-0.39, 0.29) is 35.5 Å². The Labute approximate surface area is 224 Å². The van der Waals surface area contributed by atoms with Gasteiger partial charge in [-0.3, -0.25) is 9.69 Å². The maximum Gasteiger partial charge on any atom is 0.273 e. The minimum Gasteiger partial charge on any atom is -0.360 e. The highest BCUT2D eigenvalue weighted by Crippen LogP contribution is 2.46. The van der Waals surface area contributed by atoms with Gasteiger partial charge in [0, 0.05) is 36.2 Å². The zero-order chi connectivity index (χ0) is 26.5. The van der Waals surface area contributed by atoms with Gasteiger partial charge in [0.1, 0.15) is 11.6 Å². The monoisotopic (exact) mass is 544 g/mol. The van der Waals surface area contributed by atoms with Crippen LogP contribution in [-0.4, -0.2) is 65.2 Å². The Bertz CT molecular complexity index is 1270. The van der Waals surface area contributed by atoms with Crippen molar-refractivity contribution >= 4 is 15.9 Å². The number of sulfonamides is 1. The van der Waals surface area contributed by atoms with Gasteiger partial charge in [0.2, 0.25) is 10.0 Å². The zero-order valence-corrected chi connectivity index (χ0v) is 22.8. The van der Waals surface area contributed by atoms with Crippen LogP contribution in [0.2, 0.25) is 0 Å². The molecule has 206 valence electrons. The van der Waals surface area contributed by atoms with E-state index >= 15 is 0 Å². The summed E-state index contributed by atoms with van der Waals surface area (Å²) in [7, 11) is -3.43. The van der Waals surface area contributed by atoms with Crippen LogP contribution in [0.1, 0.15) is 86.0 Å². The van der Waals surface area contributed by atoms with Gasteiger partial charge in [-0.05, 0) is 95.0 Å². The topological polar surface area (TPSA) is 95.7 Å². The molecule has 1 saturated carbocycles. The number of carbonyl (C=O) groups is 1. The smallest absolute Gasteiger partial charge is 0.273 e. The third-order valence-corrected chi connectivity index (χ3v) is 11.2. The van der Waals surface area contributed by atoms with Crippen molar-refractivity contribution < 1.29 is 22.1 Å². The van der Waals surface area contributed by atoms with E-state index in [4.69, 9.17) is 4.52 Å². The van der Waals surface area contributed by atoms with E-state index in [0.717, 1.165) is 69.5 Å². The number of rotatable bonds is 8. The number of halogens is 1. The van der Waals surface area contributed by atoms with E-state index in [2.05, 4.69) is 15.4 Å². The number of hydrogen-bond donors (Lipinski definition) is 1. The number of carbonyl (C=O) groups excluding carboxylic acids is 1. The van der Waals surface area contributed by atoms with Crippen molar-refractivity contribution in [2.24, 2.45) is 5.92 Å². The first-order chi connectivity index (χ1) is 18.2. The first kappa shape index (κ1) is 26.0. The lowest BCUT2D eigenvalue weighted by molar-refractivity contribution is 0.0854. The molecule has 3 saturated heterocycles. The molecule has 1 aliphatic carbocycles. The number of benzene rings is 1. The van der Waals surface area contributed by atoms with Crippen molar-refractivity contribution in [3.8, 4) is 0 Å². The summed E-state index contributed by atoms with van der Waals surface area (Å²) in [5.74, 6) is 1.03. The van der Waals surface area contributed by atoms with Gasteiger partial charge in [-0.1, -0.05) is 17.3 Å². The van der Waals surface area contributed by atoms with Crippen LogP contribution >= 0.6 is 0 Å². The molecule has 2 bridgehead atoms. The number of hydrogen-bond acceptors (Lipinski definition) is 6. The molecule has 8 nitrogen and oxygen atoms in total. The van der Waals surface area contributed by atoms with Crippen LogP contribution in [0.5, 0.6) is 0 Å². The summed E-state index contributed by atoms with van der Waals surface area (Å²) in [6.07, 6.45) is 6.73. The molecule has 4 aliphatic rings. The molecule has 0 spiro atoms. The summed E-state index contributed by atoms with van der Waals surface area (Å²) in [6, 6.07) is 8.17. The summed E-state index contributed by atoms with van der Waals surface area (Å²) in [5.41, 5.74) is 0.903. The number of fused-ring (bicyclic) bond motifs is 2. The largest absolute Gasteiger partial charge is 0.360 e. The Hall–Kier alpha value is -2.30. The molecule has 1 N–H and O–H groups in total. The van der Waals surface area contributed by atoms with Gasteiger partial charge in [0.15, 0.2) is 5.69 Å². The molecule has 10 heteroatoms. The fourth-order valence-electron chi connectivity index (χ4n) is 6.92. The van der Waals surface area contributed by atoms with Crippen molar-refractivity contribution in [1.82, 2.24) is 19.7 Å². The highest BCUT2D eigenvalue weighted by Gasteiger charge is 2.54. The average molecular weight is 545 g/mol. The van der Waals surface area contributed by atoms with Crippen LogP contribution in [0, 0.1) is 11.7 Å². The Kier molecular flexibility index (Phi) is 6.85.